The number of rotatable bonds is 2. The maximum Gasteiger partial charge on any atom is 0.128 e. The predicted octanol–water partition coefficient (Wildman–Crippen LogP) is 1.99. The molecule has 0 amide bonds. The molecule has 2 rings (SSSR count). The summed E-state index contributed by atoms with van der Waals surface area (Å²) in [4.78, 5) is 0. The van der Waals surface area contributed by atoms with Gasteiger partial charge in [0.05, 0.1) is 18.5 Å². The predicted molar refractivity (Wildman–Crippen MR) is 53.7 cm³/mol. The van der Waals surface area contributed by atoms with Crippen molar-refractivity contribution in [1.29, 1.82) is 0 Å². The van der Waals surface area contributed by atoms with E-state index >= 15 is 0 Å². The van der Waals surface area contributed by atoms with Gasteiger partial charge in [-0.05, 0) is 25.1 Å². The van der Waals surface area contributed by atoms with Crippen LogP contribution in [0.1, 0.15) is 5.69 Å². The maximum absolute atomic E-state index is 5.09. The van der Waals surface area contributed by atoms with Crippen LogP contribution in [-0.4, -0.2) is 16.9 Å². The average molecular weight is 187 g/mol. The van der Waals surface area contributed by atoms with Crippen molar-refractivity contribution >= 4 is 0 Å². The summed E-state index contributed by atoms with van der Waals surface area (Å²) in [5.41, 5.74) is 1.98. The van der Waals surface area contributed by atoms with Crippen LogP contribution >= 0.6 is 0 Å². The molecule has 0 unspecified atom stereocenters. The number of hydrogen-bond acceptors (Lipinski definition) is 2. The van der Waals surface area contributed by atoms with E-state index in [1.807, 2.05) is 42.1 Å². The molecule has 1 aromatic carbocycles. The first-order valence-corrected chi connectivity index (χ1v) is 4.38. The summed E-state index contributed by atoms with van der Waals surface area (Å²) in [6, 6.07) is 10.6. The number of aryl methyl sites for hydroxylation is 1. The highest BCUT2D eigenvalue weighted by atomic mass is 16.5. The van der Waals surface area contributed by atoms with E-state index in [4.69, 9.17) is 4.74 Å². The van der Waals surface area contributed by atoms with Gasteiger partial charge in [0.25, 0.3) is 0 Å². The van der Waals surface area contributed by atoms with Gasteiger partial charge >= 0.3 is 0 Å². The molecule has 14 heavy (non-hydrogen) atoms. The molecule has 1 heterocycles. The molecule has 1 aromatic heterocycles. The average Bonchev–Trinajstić information content (AvgIpc) is 2.65. The second-order valence-electron chi connectivity index (χ2n) is 3.02. The van der Waals surface area contributed by atoms with Crippen LogP contribution in [0.2, 0.25) is 0 Å². The number of hydrogen-bond donors (Lipinski definition) is 0. The Morgan fingerprint density at radius 1 is 1.43 bits per heavy atom. The zero-order valence-electron chi connectivity index (χ0n) is 8.19. The van der Waals surface area contributed by atoms with Crippen LogP contribution in [0.5, 0.6) is 5.75 Å². The second kappa shape index (κ2) is 3.54. The minimum atomic E-state index is 0.718. The molecular formula is C11H11N2O. The van der Waals surface area contributed by atoms with Gasteiger partial charge in [-0.25, -0.2) is 4.68 Å². The minimum absolute atomic E-state index is 0.718. The summed E-state index contributed by atoms with van der Waals surface area (Å²) in [7, 11) is 1.63. The lowest BCUT2D eigenvalue weighted by Gasteiger charge is -2.03. The van der Waals surface area contributed by atoms with Gasteiger partial charge in [-0.3, -0.25) is 0 Å². The van der Waals surface area contributed by atoms with Crippen molar-refractivity contribution in [3.05, 3.63) is 42.2 Å². The number of aromatic nitrogens is 2. The van der Waals surface area contributed by atoms with Gasteiger partial charge < -0.3 is 4.74 Å². The first-order chi connectivity index (χ1) is 6.79. The first-order valence-electron chi connectivity index (χ1n) is 4.38. The van der Waals surface area contributed by atoms with Crippen LogP contribution in [-0.2, 0) is 0 Å². The van der Waals surface area contributed by atoms with E-state index in [1.165, 1.54) is 0 Å². The van der Waals surface area contributed by atoms with E-state index in [1.54, 1.807) is 7.11 Å². The van der Waals surface area contributed by atoms with Gasteiger partial charge in [-0.15, -0.1) is 0 Å². The molecule has 1 radical (unpaired) electrons. The Hall–Kier alpha value is -1.77. The summed E-state index contributed by atoms with van der Waals surface area (Å²) in [5, 5.41) is 4.30. The molecule has 71 valence electrons. The highest BCUT2D eigenvalue weighted by molar-refractivity contribution is 5.37. The molecule has 0 bridgehead atoms. The minimum Gasteiger partial charge on any atom is -0.496 e. The Kier molecular flexibility index (Phi) is 2.23. The smallest absolute Gasteiger partial charge is 0.128 e. The lowest BCUT2D eigenvalue weighted by molar-refractivity contribution is 0.413. The van der Waals surface area contributed by atoms with Crippen LogP contribution in [0.25, 0.3) is 5.69 Å². The van der Waals surface area contributed by atoms with Crippen molar-refractivity contribution in [2.24, 2.45) is 0 Å². The fourth-order valence-corrected chi connectivity index (χ4v) is 1.25. The highest BCUT2D eigenvalue weighted by Gasteiger charge is 1.99. The Balaban J connectivity index is 2.41. The number of nitrogens with zero attached hydrogens (tertiary/aromatic N) is 2. The summed E-state index contributed by atoms with van der Waals surface area (Å²) in [6.07, 6.45) is 1.92. The first kappa shape index (κ1) is 8.81. The van der Waals surface area contributed by atoms with Crippen molar-refractivity contribution in [3.8, 4) is 11.4 Å². The summed E-state index contributed by atoms with van der Waals surface area (Å²) in [6.45, 7) is 1.96. The zero-order valence-corrected chi connectivity index (χ0v) is 8.19. The number of ether oxygens (including phenoxy) is 1. The van der Waals surface area contributed by atoms with E-state index in [9.17, 15) is 0 Å². The van der Waals surface area contributed by atoms with Gasteiger partial charge in [0.2, 0.25) is 0 Å². The lowest BCUT2D eigenvalue weighted by Crippen LogP contribution is -1.95. The molecule has 0 saturated carbocycles. The molecule has 2 aromatic rings. The Morgan fingerprint density at radius 3 is 2.93 bits per heavy atom. The molecule has 0 saturated heterocycles. The summed E-state index contributed by atoms with van der Waals surface area (Å²) in [5.74, 6) is 0.718. The van der Waals surface area contributed by atoms with Gasteiger partial charge in [-0.1, -0.05) is 0 Å². The Morgan fingerprint density at radius 2 is 2.29 bits per heavy atom. The lowest BCUT2D eigenvalue weighted by atomic mass is 10.3. The van der Waals surface area contributed by atoms with E-state index in [-0.39, 0.29) is 0 Å². The monoisotopic (exact) mass is 187 g/mol. The van der Waals surface area contributed by atoms with Crippen LogP contribution in [0.4, 0.5) is 0 Å². The maximum atomic E-state index is 5.09. The van der Waals surface area contributed by atoms with Crippen molar-refractivity contribution in [3.63, 3.8) is 0 Å². The van der Waals surface area contributed by atoms with E-state index in [0.717, 1.165) is 17.1 Å². The largest absolute Gasteiger partial charge is 0.496 e. The molecule has 0 atom stereocenters. The molecule has 0 aliphatic rings. The summed E-state index contributed by atoms with van der Waals surface area (Å²) >= 11 is 0. The van der Waals surface area contributed by atoms with Crippen molar-refractivity contribution in [2.75, 3.05) is 7.11 Å². The van der Waals surface area contributed by atoms with Gasteiger partial charge in [-0.2, -0.15) is 5.10 Å². The highest BCUT2D eigenvalue weighted by Crippen LogP contribution is 2.14. The second-order valence-corrected chi connectivity index (χ2v) is 3.02. The molecule has 0 fully saturated rings. The topological polar surface area (TPSA) is 27.1 Å². The third-order valence-electron chi connectivity index (χ3n) is 1.97. The van der Waals surface area contributed by atoms with E-state index in [0.29, 0.717) is 0 Å². The molecule has 3 nitrogen and oxygen atoms in total. The quantitative estimate of drug-likeness (QED) is 0.718. The van der Waals surface area contributed by atoms with Gasteiger partial charge in [0.15, 0.2) is 0 Å². The summed E-state index contributed by atoms with van der Waals surface area (Å²) < 4.78 is 6.90. The molecule has 0 aliphatic carbocycles. The molecule has 0 spiro atoms. The van der Waals surface area contributed by atoms with Gasteiger partial charge in [0.1, 0.15) is 5.75 Å². The number of methoxy groups -OCH3 is 1. The van der Waals surface area contributed by atoms with Crippen LogP contribution in [0.15, 0.2) is 30.5 Å². The van der Waals surface area contributed by atoms with Crippen molar-refractivity contribution in [2.45, 2.75) is 6.92 Å². The van der Waals surface area contributed by atoms with Crippen molar-refractivity contribution < 1.29 is 4.74 Å². The van der Waals surface area contributed by atoms with E-state index in [2.05, 4.69) is 11.2 Å². The molecule has 3 heteroatoms. The number of benzene rings is 1. The van der Waals surface area contributed by atoms with Crippen LogP contribution in [0.3, 0.4) is 0 Å². The zero-order chi connectivity index (χ0) is 9.97. The SMILES string of the molecule is COc1[c]ccc(-n2ccc(C)n2)c1. The normalized spacial score (nSPS) is 10.1. The molecule has 0 N–H and O–H groups in total. The Bertz CT molecular complexity index is 434. The van der Waals surface area contributed by atoms with Crippen LogP contribution in [0, 0.1) is 13.0 Å². The van der Waals surface area contributed by atoms with Crippen LogP contribution < -0.4 is 4.74 Å². The van der Waals surface area contributed by atoms with Gasteiger partial charge in [0, 0.05) is 18.3 Å². The molecule has 0 aliphatic heterocycles. The third kappa shape index (κ3) is 1.62. The fraction of sp³-hybridized carbons (Fsp3) is 0.182. The molecular weight excluding hydrogens is 176 g/mol. The standard InChI is InChI=1S/C11H11N2O/c1-9-6-7-13(12-9)10-4-3-5-11(8-10)14-2/h3-4,6-8H,1-2H3. The Labute approximate surface area is 82.9 Å². The van der Waals surface area contributed by atoms with E-state index < -0.39 is 0 Å². The fourth-order valence-electron chi connectivity index (χ4n) is 1.25. The van der Waals surface area contributed by atoms with Crippen molar-refractivity contribution in [1.82, 2.24) is 9.78 Å². The third-order valence-corrected chi connectivity index (χ3v) is 1.97.